The van der Waals surface area contributed by atoms with E-state index in [4.69, 9.17) is 0 Å². The molecular weight excluding hydrogens is 242 g/mol. The van der Waals surface area contributed by atoms with Crippen LogP contribution in [0.25, 0.3) is 10.9 Å². The van der Waals surface area contributed by atoms with Gasteiger partial charge in [0.25, 0.3) is 5.91 Å². The van der Waals surface area contributed by atoms with E-state index in [1.807, 2.05) is 42.1 Å². The van der Waals surface area contributed by atoms with E-state index in [9.17, 15) is 4.79 Å². The molecule has 1 amide bonds. The fraction of sp³-hybridized carbons (Fsp3) is 0.154. The van der Waals surface area contributed by atoms with Crippen LogP contribution >= 0.6 is 0 Å². The Morgan fingerprint density at radius 1 is 1.42 bits per heavy atom. The summed E-state index contributed by atoms with van der Waals surface area (Å²) in [6.07, 6.45) is 3.25. The van der Waals surface area contributed by atoms with Gasteiger partial charge in [0.15, 0.2) is 0 Å². The average Bonchev–Trinajstić information content (AvgIpc) is 3.05. The normalized spacial score (nSPS) is 10.8. The third kappa shape index (κ3) is 2.08. The number of benzene rings is 1. The number of aromatic amines is 1. The molecule has 0 aliphatic heterocycles. The molecule has 0 aliphatic carbocycles. The number of hydrogen-bond acceptors (Lipinski definition) is 3. The first-order valence-electron chi connectivity index (χ1n) is 5.92. The summed E-state index contributed by atoms with van der Waals surface area (Å²) in [6.45, 7) is 0.335. The van der Waals surface area contributed by atoms with Gasteiger partial charge in [0.2, 0.25) is 0 Å². The Balaban J connectivity index is 1.85. The van der Waals surface area contributed by atoms with Gasteiger partial charge >= 0.3 is 0 Å². The zero-order valence-corrected chi connectivity index (χ0v) is 10.4. The summed E-state index contributed by atoms with van der Waals surface area (Å²) < 4.78 is 1.94. The standard InChI is InChI=1S/C13H13N5O/c1-18-7-10(9-4-2-3-5-11(9)18)13(19)14-6-12-15-8-16-17-12/h2-5,7-8H,6H2,1H3,(H,14,19)(H,15,16,17). The van der Waals surface area contributed by atoms with Crippen LogP contribution in [0.15, 0.2) is 36.8 Å². The largest absolute Gasteiger partial charge is 0.350 e. The van der Waals surface area contributed by atoms with Gasteiger partial charge in [0.05, 0.1) is 12.1 Å². The third-order valence-corrected chi connectivity index (χ3v) is 3.02. The highest BCUT2D eigenvalue weighted by molar-refractivity contribution is 6.06. The molecule has 0 saturated carbocycles. The van der Waals surface area contributed by atoms with Crippen LogP contribution in [0.1, 0.15) is 16.2 Å². The number of H-pyrrole nitrogens is 1. The van der Waals surface area contributed by atoms with Gasteiger partial charge in [-0.1, -0.05) is 18.2 Å². The molecule has 0 bridgehead atoms. The molecule has 0 atom stereocenters. The maximum atomic E-state index is 12.2. The minimum absolute atomic E-state index is 0.117. The van der Waals surface area contributed by atoms with Crippen LogP contribution in [0.5, 0.6) is 0 Å². The number of carbonyl (C=O) groups is 1. The highest BCUT2D eigenvalue weighted by Gasteiger charge is 2.13. The highest BCUT2D eigenvalue weighted by Crippen LogP contribution is 2.19. The topological polar surface area (TPSA) is 75.6 Å². The fourth-order valence-corrected chi connectivity index (χ4v) is 2.10. The second-order valence-corrected chi connectivity index (χ2v) is 4.29. The molecule has 2 heterocycles. The molecule has 6 nitrogen and oxygen atoms in total. The summed E-state index contributed by atoms with van der Waals surface area (Å²) in [5.41, 5.74) is 1.70. The van der Waals surface area contributed by atoms with E-state index in [0.29, 0.717) is 17.9 Å². The molecule has 3 aromatic rings. The molecule has 0 saturated heterocycles. The van der Waals surface area contributed by atoms with Gasteiger partial charge in [-0.25, -0.2) is 4.98 Å². The predicted molar refractivity (Wildman–Crippen MR) is 70.5 cm³/mol. The third-order valence-electron chi connectivity index (χ3n) is 3.02. The van der Waals surface area contributed by atoms with E-state index in [0.717, 1.165) is 10.9 Å². The number of para-hydroxylation sites is 1. The monoisotopic (exact) mass is 255 g/mol. The lowest BCUT2D eigenvalue weighted by Gasteiger charge is -2.01. The zero-order valence-electron chi connectivity index (χ0n) is 10.4. The van der Waals surface area contributed by atoms with Gasteiger partial charge in [0.1, 0.15) is 12.2 Å². The second kappa shape index (κ2) is 4.56. The van der Waals surface area contributed by atoms with Crippen molar-refractivity contribution in [1.29, 1.82) is 0 Å². The minimum Gasteiger partial charge on any atom is -0.350 e. The number of aromatic nitrogens is 4. The van der Waals surface area contributed by atoms with Crippen molar-refractivity contribution in [3.05, 3.63) is 48.2 Å². The highest BCUT2D eigenvalue weighted by atomic mass is 16.1. The number of nitrogens with zero attached hydrogens (tertiary/aromatic N) is 3. The van der Waals surface area contributed by atoms with E-state index in [-0.39, 0.29) is 5.91 Å². The van der Waals surface area contributed by atoms with Gasteiger partial charge in [-0.2, -0.15) is 5.10 Å². The molecule has 0 spiro atoms. The number of fused-ring (bicyclic) bond motifs is 1. The smallest absolute Gasteiger partial charge is 0.253 e. The van der Waals surface area contributed by atoms with E-state index >= 15 is 0 Å². The van der Waals surface area contributed by atoms with Crippen molar-refractivity contribution in [3.63, 3.8) is 0 Å². The Hall–Kier alpha value is -2.63. The summed E-state index contributed by atoms with van der Waals surface area (Å²) in [7, 11) is 1.93. The van der Waals surface area contributed by atoms with Crippen LogP contribution in [0.4, 0.5) is 0 Å². The molecule has 0 radical (unpaired) electrons. The lowest BCUT2D eigenvalue weighted by molar-refractivity contribution is 0.0951. The van der Waals surface area contributed by atoms with Crippen LogP contribution in [0.2, 0.25) is 0 Å². The quantitative estimate of drug-likeness (QED) is 0.739. The summed E-state index contributed by atoms with van der Waals surface area (Å²) in [5.74, 6) is 0.516. The van der Waals surface area contributed by atoms with Gasteiger partial charge < -0.3 is 9.88 Å². The Labute approximate surface area is 109 Å². The summed E-state index contributed by atoms with van der Waals surface area (Å²) in [5, 5.41) is 10.2. The number of nitrogens with one attached hydrogen (secondary N) is 2. The lowest BCUT2D eigenvalue weighted by Crippen LogP contribution is -2.23. The van der Waals surface area contributed by atoms with Crippen LogP contribution in [-0.4, -0.2) is 25.7 Å². The average molecular weight is 255 g/mol. The summed E-state index contributed by atoms with van der Waals surface area (Å²) in [6, 6.07) is 7.81. The van der Waals surface area contributed by atoms with Gasteiger partial charge in [-0.15, -0.1) is 0 Å². The first-order chi connectivity index (χ1) is 9.25. The number of hydrogen-bond donors (Lipinski definition) is 2. The number of rotatable bonds is 3. The summed E-state index contributed by atoms with van der Waals surface area (Å²) in [4.78, 5) is 16.1. The first-order valence-corrected chi connectivity index (χ1v) is 5.92. The molecule has 0 unspecified atom stereocenters. The van der Waals surface area contributed by atoms with Crippen molar-refractivity contribution < 1.29 is 4.79 Å². The fourth-order valence-electron chi connectivity index (χ4n) is 2.10. The Kier molecular flexibility index (Phi) is 2.75. The SMILES string of the molecule is Cn1cc(C(=O)NCc2ncn[nH]2)c2ccccc21. The maximum absolute atomic E-state index is 12.2. The molecule has 0 fully saturated rings. The molecule has 96 valence electrons. The van der Waals surface area contributed by atoms with Crippen molar-refractivity contribution in [2.75, 3.05) is 0 Å². The molecule has 0 aliphatic rings. The maximum Gasteiger partial charge on any atom is 0.253 e. The number of amides is 1. The molecule has 6 heteroatoms. The Morgan fingerprint density at radius 3 is 3.05 bits per heavy atom. The molecule has 1 aromatic carbocycles. The van der Waals surface area contributed by atoms with E-state index in [1.54, 1.807) is 0 Å². The van der Waals surface area contributed by atoms with Crippen LogP contribution in [0, 0.1) is 0 Å². The van der Waals surface area contributed by atoms with Crippen molar-refractivity contribution in [1.82, 2.24) is 25.1 Å². The van der Waals surface area contributed by atoms with E-state index in [1.165, 1.54) is 6.33 Å². The van der Waals surface area contributed by atoms with Crippen molar-refractivity contribution in [2.24, 2.45) is 7.05 Å². The summed E-state index contributed by atoms with van der Waals surface area (Å²) >= 11 is 0. The molecule has 3 rings (SSSR count). The Morgan fingerprint density at radius 2 is 2.26 bits per heavy atom. The van der Waals surface area contributed by atoms with Gasteiger partial charge in [-0.3, -0.25) is 9.89 Å². The lowest BCUT2D eigenvalue weighted by atomic mass is 10.1. The van der Waals surface area contributed by atoms with Crippen molar-refractivity contribution >= 4 is 16.8 Å². The second-order valence-electron chi connectivity index (χ2n) is 4.29. The molecule has 2 N–H and O–H groups in total. The van der Waals surface area contributed by atoms with E-state index < -0.39 is 0 Å². The van der Waals surface area contributed by atoms with Crippen LogP contribution in [-0.2, 0) is 13.6 Å². The molecular formula is C13H13N5O. The number of carbonyl (C=O) groups excluding carboxylic acids is 1. The molecule has 2 aromatic heterocycles. The van der Waals surface area contributed by atoms with Crippen molar-refractivity contribution in [2.45, 2.75) is 6.54 Å². The van der Waals surface area contributed by atoms with Crippen molar-refractivity contribution in [3.8, 4) is 0 Å². The predicted octanol–water partition coefficient (Wildman–Crippen LogP) is 1.23. The van der Waals surface area contributed by atoms with Gasteiger partial charge in [-0.05, 0) is 6.07 Å². The first kappa shape index (κ1) is 11.5. The van der Waals surface area contributed by atoms with Crippen LogP contribution < -0.4 is 5.32 Å². The Bertz CT molecular complexity index is 714. The van der Waals surface area contributed by atoms with E-state index in [2.05, 4.69) is 20.5 Å². The number of aryl methyl sites for hydroxylation is 1. The minimum atomic E-state index is -0.117. The zero-order chi connectivity index (χ0) is 13.2. The molecule has 19 heavy (non-hydrogen) atoms. The van der Waals surface area contributed by atoms with Crippen LogP contribution in [0.3, 0.4) is 0 Å². The van der Waals surface area contributed by atoms with Gasteiger partial charge in [0, 0.05) is 24.1 Å².